The van der Waals surface area contributed by atoms with Crippen LogP contribution in [0.1, 0.15) is 24.0 Å². The van der Waals surface area contributed by atoms with Crippen LogP contribution in [0.25, 0.3) is 5.70 Å². The van der Waals surface area contributed by atoms with E-state index in [0.717, 1.165) is 16.8 Å². The van der Waals surface area contributed by atoms with Gasteiger partial charge in [0.15, 0.2) is 0 Å². The van der Waals surface area contributed by atoms with Crippen molar-refractivity contribution in [1.82, 2.24) is 5.32 Å². The van der Waals surface area contributed by atoms with Crippen molar-refractivity contribution in [3.63, 3.8) is 0 Å². The molecule has 0 fully saturated rings. The van der Waals surface area contributed by atoms with Crippen molar-refractivity contribution in [3.05, 3.63) is 71.2 Å². The van der Waals surface area contributed by atoms with Gasteiger partial charge in [0.25, 0.3) is 0 Å². The fourth-order valence-corrected chi connectivity index (χ4v) is 2.38. The van der Waals surface area contributed by atoms with Crippen LogP contribution in [0.5, 0.6) is 5.75 Å². The van der Waals surface area contributed by atoms with E-state index < -0.39 is 0 Å². The van der Waals surface area contributed by atoms with Crippen molar-refractivity contribution < 1.29 is 9.13 Å². The third kappa shape index (κ3) is 4.92. The zero-order valence-electron chi connectivity index (χ0n) is 14.3. The van der Waals surface area contributed by atoms with Crippen LogP contribution in [0, 0.1) is 17.1 Å². The average molecular weight is 337 g/mol. The van der Waals surface area contributed by atoms with Gasteiger partial charge in [-0.15, -0.1) is 0 Å². The van der Waals surface area contributed by atoms with Crippen molar-refractivity contribution in [2.24, 2.45) is 4.99 Å². The standard InChI is InChI=1S/C20H20FN3O/c1-23-18(7-5-13-22)20(17-6-3-4-8-19(17)25-2)24-14-15-9-11-16(21)12-10-15/h3-4,6,8-12,14,23H,5,7H2,1-2H3/b20-18-,24-14?. The zero-order chi connectivity index (χ0) is 18.1. The molecule has 0 saturated carbocycles. The molecule has 0 spiro atoms. The number of halogens is 1. The van der Waals surface area contributed by atoms with Gasteiger partial charge in [-0.1, -0.05) is 24.3 Å². The third-order valence-corrected chi connectivity index (χ3v) is 3.65. The topological polar surface area (TPSA) is 57.4 Å². The molecular weight excluding hydrogens is 317 g/mol. The van der Waals surface area contributed by atoms with Crippen LogP contribution >= 0.6 is 0 Å². The van der Waals surface area contributed by atoms with Gasteiger partial charge in [-0.2, -0.15) is 5.26 Å². The lowest BCUT2D eigenvalue weighted by Crippen LogP contribution is -2.09. The number of nitrogens with one attached hydrogen (secondary N) is 1. The van der Waals surface area contributed by atoms with Crippen molar-refractivity contribution >= 4 is 11.9 Å². The van der Waals surface area contributed by atoms with Gasteiger partial charge in [-0.3, -0.25) is 4.99 Å². The van der Waals surface area contributed by atoms with E-state index in [-0.39, 0.29) is 5.82 Å². The summed E-state index contributed by atoms with van der Waals surface area (Å²) in [5, 5.41) is 12.0. The number of para-hydroxylation sites is 1. The fraction of sp³-hybridized carbons (Fsp3) is 0.200. The summed E-state index contributed by atoms with van der Waals surface area (Å²) in [4.78, 5) is 4.61. The molecule has 2 aromatic carbocycles. The number of rotatable bonds is 7. The first-order chi connectivity index (χ1) is 12.2. The quantitative estimate of drug-likeness (QED) is 0.772. The van der Waals surface area contributed by atoms with Crippen LogP contribution in [0.4, 0.5) is 4.39 Å². The van der Waals surface area contributed by atoms with Crippen LogP contribution in [-0.4, -0.2) is 20.4 Å². The van der Waals surface area contributed by atoms with E-state index in [1.54, 1.807) is 32.5 Å². The number of nitriles is 1. The number of hydrogen-bond acceptors (Lipinski definition) is 4. The molecule has 0 heterocycles. The summed E-state index contributed by atoms with van der Waals surface area (Å²) in [6, 6.07) is 15.8. The molecule has 0 unspecified atom stereocenters. The Balaban J connectivity index is 2.50. The average Bonchev–Trinajstić information content (AvgIpc) is 2.66. The van der Waals surface area contributed by atoms with Crippen molar-refractivity contribution in [2.75, 3.05) is 14.2 Å². The monoisotopic (exact) mass is 337 g/mol. The Labute approximate surface area is 147 Å². The summed E-state index contributed by atoms with van der Waals surface area (Å²) in [5.41, 5.74) is 3.14. The maximum Gasteiger partial charge on any atom is 0.128 e. The molecule has 0 aliphatic rings. The number of hydrogen-bond donors (Lipinski definition) is 1. The van der Waals surface area contributed by atoms with Gasteiger partial charge in [0.1, 0.15) is 11.6 Å². The zero-order valence-corrected chi connectivity index (χ0v) is 14.3. The number of allylic oxidation sites excluding steroid dienone is 1. The van der Waals surface area contributed by atoms with Crippen LogP contribution in [0.2, 0.25) is 0 Å². The minimum Gasteiger partial charge on any atom is -0.496 e. The highest BCUT2D eigenvalue weighted by Crippen LogP contribution is 2.29. The van der Waals surface area contributed by atoms with Gasteiger partial charge in [0.2, 0.25) is 0 Å². The molecule has 2 aromatic rings. The van der Waals surface area contributed by atoms with Gasteiger partial charge < -0.3 is 10.1 Å². The lowest BCUT2D eigenvalue weighted by Gasteiger charge is -2.14. The molecular formula is C20H20FN3O. The minimum atomic E-state index is -0.289. The molecule has 4 nitrogen and oxygen atoms in total. The molecule has 0 bridgehead atoms. The van der Waals surface area contributed by atoms with E-state index in [1.807, 2.05) is 24.3 Å². The molecule has 2 rings (SSSR count). The normalized spacial score (nSPS) is 11.8. The summed E-state index contributed by atoms with van der Waals surface area (Å²) in [5.74, 6) is 0.404. The van der Waals surface area contributed by atoms with Crippen LogP contribution in [0.15, 0.2) is 59.2 Å². The van der Waals surface area contributed by atoms with E-state index in [9.17, 15) is 4.39 Å². The van der Waals surface area contributed by atoms with E-state index in [2.05, 4.69) is 16.4 Å². The number of ether oxygens (including phenoxy) is 1. The number of benzene rings is 2. The Morgan fingerprint density at radius 1 is 1.24 bits per heavy atom. The van der Waals surface area contributed by atoms with Crippen LogP contribution in [-0.2, 0) is 0 Å². The maximum absolute atomic E-state index is 13.1. The SMILES string of the molecule is CN/C(CCC#N)=C(\N=Cc1ccc(F)cc1)c1ccccc1OC. The predicted molar refractivity (Wildman–Crippen MR) is 97.8 cm³/mol. The highest BCUT2D eigenvalue weighted by Gasteiger charge is 2.12. The van der Waals surface area contributed by atoms with Gasteiger partial charge in [0.05, 0.1) is 18.9 Å². The molecule has 0 aliphatic heterocycles. The smallest absolute Gasteiger partial charge is 0.128 e. The lowest BCUT2D eigenvalue weighted by atomic mass is 10.1. The number of aliphatic imine (C=N–C) groups is 1. The first-order valence-corrected chi connectivity index (χ1v) is 7.90. The van der Waals surface area contributed by atoms with Gasteiger partial charge >= 0.3 is 0 Å². The molecule has 0 saturated heterocycles. The Bertz CT molecular complexity index is 804. The highest BCUT2D eigenvalue weighted by molar-refractivity contribution is 5.86. The second kappa shape index (κ2) is 9.24. The van der Waals surface area contributed by atoms with Crippen LogP contribution < -0.4 is 10.1 Å². The molecule has 0 atom stereocenters. The van der Waals surface area contributed by atoms with Crippen LogP contribution in [0.3, 0.4) is 0 Å². The fourth-order valence-electron chi connectivity index (χ4n) is 2.38. The number of nitrogens with zero attached hydrogens (tertiary/aromatic N) is 2. The Morgan fingerprint density at radius 2 is 1.96 bits per heavy atom. The van der Waals surface area contributed by atoms with Gasteiger partial charge in [0, 0.05) is 37.4 Å². The van der Waals surface area contributed by atoms with Gasteiger partial charge in [-0.25, -0.2) is 4.39 Å². The Morgan fingerprint density at radius 3 is 2.60 bits per heavy atom. The van der Waals surface area contributed by atoms with Gasteiger partial charge in [-0.05, 0) is 29.8 Å². The molecule has 128 valence electrons. The second-order valence-electron chi connectivity index (χ2n) is 5.25. The minimum absolute atomic E-state index is 0.289. The summed E-state index contributed by atoms with van der Waals surface area (Å²) in [6.45, 7) is 0. The molecule has 5 heteroatoms. The largest absolute Gasteiger partial charge is 0.496 e. The second-order valence-corrected chi connectivity index (χ2v) is 5.25. The molecule has 0 amide bonds. The highest BCUT2D eigenvalue weighted by atomic mass is 19.1. The first-order valence-electron chi connectivity index (χ1n) is 7.90. The lowest BCUT2D eigenvalue weighted by molar-refractivity contribution is 0.413. The third-order valence-electron chi connectivity index (χ3n) is 3.65. The molecule has 1 N–H and O–H groups in total. The van der Waals surface area contributed by atoms with E-state index in [1.165, 1.54) is 12.1 Å². The Kier molecular flexibility index (Phi) is 6.73. The summed E-state index contributed by atoms with van der Waals surface area (Å²) in [7, 11) is 3.41. The maximum atomic E-state index is 13.1. The van der Waals surface area contributed by atoms with E-state index in [0.29, 0.717) is 24.3 Å². The summed E-state index contributed by atoms with van der Waals surface area (Å²) < 4.78 is 18.5. The Hall–Kier alpha value is -3.13. The van der Waals surface area contributed by atoms with Crippen molar-refractivity contribution in [2.45, 2.75) is 12.8 Å². The van der Waals surface area contributed by atoms with E-state index >= 15 is 0 Å². The summed E-state index contributed by atoms with van der Waals surface area (Å²) >= 11 is 0. The first kappa shape index (κ1) is 18.2. The van der Waals surface area contributed by atoms with Crippen molar-refractivity contribution in [3.8, 4) is 11.8 Å². The van der Waals surface area contributed by atoms with Crippen molar-refractivity contribution in [1.29, 1.82) is 5.26 Å². The molecule has 25 heavy (non-hydrogen) atoms. The molecule has 0 aromatic heterocycles. The van der Waals surface area contributed by atoms with E-state index in [4.69, 9.17) is 10.00 Å². The molecule has 0 radical (unpaired) electrons. The molecule has 0 aliphatic carbocycles. The predicted octanol–water partition coefficient (Wildman–Crippen LogP) is 4.15. The summed E-state index contributed by atoms with van der Waals surface area (Å²) in [6.07, 6.45) is 2.59. The number of methoxy groups -OCH3 is 1.